The first-order chi connectivity index (χ1) is 8.91. The summed E-state index contributed by atoms with van der Waals surface area (Å²) in [6, 6.07) is 0. The lowest BCUT2D eigenvalue weighted by Crippen LogP contribution is -2.61. The Hall–Kier alpha value is 0.220. The Morgan fingerprint density at radius 3 is 2.63 bits per heavy atom. The van der Waals surface area contributed by atoms with E-state index in [9.17, 15) is 8.42 Å². The molecule has 0 aromatic heterocycles. The van der Waals surface area contributed by atoms with Gasteiger partial charge in [0.1, 0.15) is 0 Å². The largest absolute Gasteiger partial charge is 0.377 e. The molecule has 19 heavy (non-hydrogen) atoms. The first kappa shape index (κ1) is 14.2. The standard InChI is InChI=1S/C13H23NO3S2/c1-10(2)19(15,16)14-8-13(9-14)5-12(7-18-13)17-6-11-3-4-11/h10-12H,3-9H2,1-2H3/t12-/m0/s1. The molecule has 0 amide bonds. The zero-order chi connectivity index (χ0) is 13.7. The van der Waals surface area contributed by atoms with Crippen molar-refractivity contribution < 1.29 is 13.2 Å². The molecule has 2 aliphatic heterocycles. The average Bonchev–Trinajstić information content (AvgIpc) is 3.02. The molecule has 2 heterocycles. The van der Waals surface area contributed by atoms with Gasteiger partial charge in [0, 0.05) is 30.2 Å². The van der Waals surface area contributed by atoms with Crippen molar-refractivity contribution in [3.63, 3.8) is 0 Å². The van der Waals surface area contributed by atoms with E-state index < -0.39 is 10.0 Å². The predicted molar refractivity (Wildman–Crippen MR) is 77.9 cm³/mol. The van der Waals surface area contributed by atoms with Gasteiger partial charge >= 0.3 is 0 Å². The topological polar surface area (TPSA) is 46.6 Å². The minimum absolute atomic E-state index is 0.149. The zero-order valence-electron chi connectivity index (χ0n) is 11.7. The molecule has 1 aliphatic carbocycles. The Kier molecular flexibility index (Phi) is 3.65. The van der Waals surface area contributed by atoms with Crippen LogP contribution in [0.5, 0.6) is 0 Å². The second-order valence-electron chi connectivity index (χ2n) is 6.46. The predicted octanol–water partition coefficient (Wildman–Crippen LogP) is 1.71. The van der Waals surface area contributed by atoms with E-state index in [1.54, 1.807) is 18.2 Å². The van der Waals surface area contributed by atoms with Crippen LogP contribution in [-0.4, -0.2) is 54.3 Å². The molecule has 110 valence electrons. The molecule has 2 saturated heterocycles. The summed E-state index contributed by atoms with van der Waals surface area (Å²) in [7, 11) is -3.06. The van der Waals surface area contributed by atoms with Crippen molar-refractivity contribution in [1.82, 2.24) is 4.31 Å². The maximum absolute atomic E-state index is 12.0. The summed E-state index contributed by atoms with van der Waals surface area (Å²) < 4.78 is 31.8. The van der Waals surface area contributed by atoms with Crippen molar-refractivity contribution in [3.05, 3.63) is 0 Å². The minimum Gasteiger partial charge on any atom is -0.377 e. The molecule has 1 atom stereocenters. The monoisotopic (exact) mass is 305 g/mol. The number of ether oxygens (including phenoxy) is 1. The Morgan fingerprint density at radius 1 is 1.37 bits per heavy atom. The molecule has 0 N–H and O–H groups in total. The second-order valence-corrected chi connectivity index (χ2v) is 10.4. The van der Waals surface area contributed by atoms with Crippen LogP contribution in [0.4, 0.5) is 0 Å². The Bertz CT molecular complexity index is 439. The number of sulfonamides is 1. The summed E-state index contributed by atoms with van der Waals surface area (Å²) in [6.07, 6.45) is 4.01. The molecule has 6 heteroatoms. The first-order valence-electron chi connectivity index (χ1n) is 7.16. The van der Waals surface area contributed by atoms with E-state index in [-0.39, 0.29) is 10.00 Å². The summed E-state index contributed by atoms with van der Waals surface area (Å²) in [5, 5.41) is -0.307. The fourth-order valence-electron chi connectivity index (χ4n) is 2.76. The summed E-state index contributed by atoms with van der Waals surface area (Å²) in [5.74, 6) is 1.84. The van der Waals surface area contributed by atoms with Crippen LogP contribution >= 0.6 is 11.8 Å². The van der Waals surface area contributed by atoms with Gasteiger partial charge in [-0.2, -0.15) is 4.31 Å². The highest BCUT2D eigenvalue weighted by Gasteiger charge is 2.53. The zero-order valence-corrected chi connectivity index (χ0v) is 13.3. The fourth-order valence-corrected chi connectivity index (χ4v) is 5.93. The van der Waals surface area contributed by atoms with E-state index in [0.717, 1.165) is 24.7 Å². The molecule has 0 aromatic rings. The van der Waals surface area contributed by atoms with Gasteiger partial charge in [0.15, 0.2) is 0 Å². The van der Waals surface area contributed by atoms with E-state index >= 15 is 0 Å². The lowest BCUT2D eigenvalue weighted by Gasteiger charge is -2.47. The molecule has 1 spiro atoms. The third-order valence-corrected chi connectivity index (χ3v) is 8.07. The van der Waals surface area contributed by atoms with Gasteiger partial charge in [-0.05, 0) is 39.0 Å². The van der Waals surface area contributed by atoms with Gasteiger partial charge < -0.3 is 4.74 Å². The summed E-state index contributed by atoms with van der Waals surface area (Å²) in [6.45, 7) is 5.78. The van der Waals surface area contributed by atoms with Gasteiger partial charge in [-0.3, -0.25) is 0 Å². The van der Waals surface area contributed by atoms with E-state index in [4.69, 9.17) is 4.74 Å². The highest BCUT2D eigenvalue weighted by molar-refractivity contribution is 8.01. The average molecular weight is 305 g/mol. The van der Waals surface area contributed by atoms with E-state index in [2.05, 4.69) is 0 Å². The van der Waals surface area contributed by atoms with Crippen molar-refractivity contribution >= 4 is 21.8 Å². The van der Waals surface area contributed by atoms with Gasteiger partial charge in [0.2, 0.25) is 10.0 Å². The van der Waals surface area contributed by atoms with Crippen molar-refractivity contribution in [3.8, 4) is 0 Å². The molecular weight excluding hydrogens is 282 g/mol. The van der Waals surface area contributed by atoms with Crippen LogP contribution in [-0.2, 0) is 14.8 Å². The first-order valence-corrected chi connectivity index (χ1v) is 9.65. The van der Waals surface area contributed by atoms with Crippen molar-refractivity contribution in [2.24, 2.45) is 5.92 Å². The van der Waals surface area contributed by atoms with Crippen LogP contribution in [0.15, 0.2) is 0 Å². The Labute approximate surface area is 120 Å². The molecule has 4 nitrogen and oxygen atoms in total. The van der Waals surface area contributed by atoms with Gasteiger partial charge in [0.25, 0.3) is 0 Å². The quantitative estimate of drug-likeness (QED) is 0.776. The molecule has 3 fully saturated rings. The lowest BCUT2D eigenvalue weighted by atomic mass is 9.95. The van der Waals surface area contributed by atoms with Crippen LogP contribution < -0.4 is 0 Å². The number of rotatable bonds is 5. The van der Waals surface area contributed by atoms with Crippen molar-refractivity contribution in [2.75, 3.05) is 25.4 Å². The number of nitrogens with zero attached hydrogens (tertiary/aromatic N) is 1. The van der Waals surface area contributed by atoms with Crippen LogP contribution in [0.25, 0.3) is 0 Å². The highest BCUT2D eigenvalue weighted by atomic mass is 32.2. The summed E-state index contributed by atoms with van der Waals surface area (Å²) >= 11 is 1.91. The smallest absolute Gasteiger partial charge is 0.216 e. The van der Waals surface area contributed by atoms with Crippen molar-refractivity contribution in [2.45, 2.75) is 49.2 Å². The maximum Gasteiger partial charge on any atom is 0.216 e. The Morgan fingerprint density at radius 2 is 2.05 bits per heavy atom. The molecule has 0 radical (unpaired) electrons. The molecule has 0 aromatic carbocycles. The molecule has 0 unspecified atom stereocenters. The minimum atomic E-state index is -3.06. The van der Waals surface area contributed by atoms with Gasteiger partial charge in [-0.1, -0.05) is 0 Å². The number of hydrogen-bond donors (Lipinski definition) is 0. The normalized spacial score (nSPS) is 31.0. The van der Waals surface area contributed by atoms with Crippen LogP contribution in [0.1, 0.15) is 33.1 Å². The van der Waals surface area contributed by atoms with Crippen LogP contribution in [0, 0.1) is 5.92 Å². The highest BCUT2D eigenvalue weighted by Crippen LogP contribution is 2.47. The summed E-state index contributed by atoms with van der Waals surface area (Å²) in [4.78, 5) is 0. The van der Waals surface area contributed by atoms with E-state index in [1.165, 1.54) is 12.8 Å². The van der Waals surface area contributed by atoms with Gasteiger partial charge in [-0.25, -0.2) is 8.42 Å². The molecule has 1 saturated carbocycles. The molecule has 3 rings (SSSR count). The van der Waals surface area contributed by atoms with Gasteiger partial charge in [0.05, 0.1) is 11.4 Å². The second kappa shape index (κ2) is 4.90. The number of hydrogen-bond acceptors (Lipinski definition) is 4. The van der Waals surface area contributed by atoms with E-state index in [1.807, 2.05) is 11.8 Å². The van der Waals surface area contributed by atoms with Crippen LogP contribution in [0.2, 0.25) is 0 Å². The number of thioether (sulfide) groups is 1. The summed E-state index contributed by atoms with van der Waals surface area (Å²) in [5.41, 5.74) is 0. The fraction of sp³-hybridized carbons (Fsp3) is 1.00. The van der Waals surface area contributed by atoms with Gasteiger partial charge in [-0.15, -0.1) is 11.8 Å². The molecule has 0 bridgehead atoms. The SMILES string of the molecule is CC(C)S(=O)(=O)N1CC2(C[C@H](OCC3CC3)CS2)C1. The third-order valence-electron chi connectivity index (χ3n) is 4.32. The van der Waals surface area contributed by atoms with E-state index in [0.29, 0.717) is 19.2 Å². The van der Waals surface area contributed by atoms with Crippen LogP contribution in [0.3, 0.4) is 0 Å². The molecule has 3 aliphatic rings. The maximum atomic E-state index is 12.0. The Balaban J connectivity index is 1.49. The lowest BCUT2D eigenvalue weighted by molar-refractivity contribution is 0.0446. The third kappa shape index (κ3) is 2.82. The van der Waals surface area contributed by atoms with Crippen molar-refractivity contribution in [1.29, 1.82) is 0 Å². The molecular formula is C13H23NO3S2.